The van der Waals surface area contributed by atoms with E-state index in [9.17, 15) is 14.4 Å². The van der Waals surface area contributed by atoms with Crippen LogP contribution in [0.4, 0.5) is 4.79 Å². The van der Waals surface area contributed by atoms with Crippen molar-refractivity contribution < 1.29 is 24.2 Å². The van der Waals surface area contributed by atoms with Crippen LogP contribution < -0.4 is 10.6 Å². The van der Waals surface area contributed by atoms with Crippen LogP contribution in [0.15, 0.2) is 54.6 Å². The molecule has 0 bridgehead atoms. The highest BCUT2D eigenvalue weighted by Crippen LogP contribution is 2.44. The first-order chi connectivity index (χ1) is 16.9. The van der Waals surface area contributed by atoms with E-state index in [-0.39, 0.29) is 36.8 Å². The van der Waals surface area contributed by atoms with Gasteiger partial charge in [0, 0.05) is 19.5 Å². The number of carbonyl (C=O) groups excluding carboxylic acids is 2. The molecule has 2 atom stereocenters. The number of aryl methyl sites for hydroxylation is 1. The third-order valence-corrected chi connectivity index (χ3v) is 6.69. The molecular weight excluding hydrogens is 448 g/mol. The third-order valence-electron chi connectivity index (χ3n) is 6.69. The Morgan fingerprint density at radius 1 is 1.06 bits per heavy atom. The molecule has 2 aromatic carbocycles. The molecule has 2 aliphatic carbocycles. The fourth-order valence-corrected chi connectivity index (χ4v) is 4.73. The van der Waals surface area contributed by atoms with Crippen LogP contribution in [0.5, 0.6) is 0 Å². The molecule has 9 nitrogen and oxygen atoms in total. The van der Waals surface area contributed by atoms with Crippen molar-refractivity contribution in [2.45, 2.75) is 18.9 Å². The molecule has 9 heteroatoms. The van der Waals surface area contributed by atoms with Gasteiger partial charge in [-0.1, -0.05) is 48.5 Å². The number of nitrogens with one attached hydrogen (secondary N) is 2. The summed E-state index contributed by atoms with van der Waals surface area (Å²) in [6.07, 6.45) is 0.0213. The normalized spacial score (nSPS) is 17.9. The molecule has 2 amide bonds. The Kier molecular flexibility index (Phi) is 5.98. The molecule has 2 aliphatic rings. The van der Waals surface area contributed by atoms with Crippen molar-refractivity contribution in [3.63, 3.8) is 0 Å². The quantitative estimate of drug-likeness (QED) is 0.461. The summed E-state index contributed by atoms with van der Waals surface area (Å²) in [5.74, 6) is -1.58. The van der Waals surface area contributed by atoms with Gasteiger partial charge in [-0.2, -0.15) is 5.10 Å². The van der Waals surface area contributed by atoms with Crippen LogP contribution in [-0.2, 0) is 23.1 Å². The van der Waals surface area contributed by atoms with Crippen molar-refractivity contribution in [1.82, 2.24) is 20.4 Å². The van der Waals surface area contributed by atoms with Gasteiger partial charge in [0.2, 0.25) is 0 Å². The highest BCUT2D eigenvalue weighted by atomic mass is 16.5. The molecule has 3 N–H and O–H groups in total. The number of aliphatic carboxylic acids is 1. The van der Waals surface area contributed by atoms with Crippen LogP contribution in [-0.4, -0.2) is 46.0 Å². The van der Waals surface area contributed by atoms with E-state index in [1.807, 2.05) is 24.3 Å². The minimum atomic E-state index is -0.827. The summed E-state index contributed by atoms with van der Waals surface area (Å²) in [5, 5.41) is 18.7. The molecule has 0 saturated heterocycles. The Hall–Kier alpha value is -4.14. The molecule has 3 aromatic rings. The van der Waals surface area contributed by atoms with Crippen molar-refractivity contribution in [2.24, 2.45) is 18.9 Å². The number of nitrogens with zero attached hydrogens (tertiary/aromatic N) is 2. The standard InChI is InChI=1S/C26H26N4O5/c1-30-23(24(31)27-12-15-10-21(15)25(32)33)11-16(29-30)13-28-26(34)35-14-22-19-8-4-2-6-17(19)18-7-3-5-9-20(18)22/h2-9,11,15,21-22H,10,12-14H2,1H3,(H,27,31)(H,28,34)(H,32,33)/t15-,21-/m0/s1. The van der Waals surface area contributed by atoms with Gasteiger partial charge in [-0.05, 0) is 40.7 Å². The third kappa shape index (κ3) is 4.62. The number of benzene rings is 2. The van der Waals surface area contributed by atoms with Gasteiger partial charge in [0.1, 0.15) is 12.3 Å². The van der Waals surface area contributed by atoms with Crippen molar-refractivity contribution >= 4 is 18.0 Å². The fraction of sp³-hybridized carbons (Fsp3) is 0.308. The van der Waals surface area contributed by atoms with Crippen molar-refractivity contribution in [3.8, 4) is 11.1 Å². The maximum absolute atomic E-state index is 12.4. The second kappa shape index (κ2) is 9.25. The Bertz CT molecular complexity index is 1250. The van der Waals surface area contributed by atoms with E-state index in [0.29, 0.717) is 24.4 Å². The van der Waals surface area contributed by atoms with Crippen LogP contribution >= 0.6 is 0 Å². The molecule has 0 spiro atoms. The monoisotopic (exact) mass is 474 g/mol. The number of hydrogen-bond donors (Lipinski definition) is 3. The molecule has 0 unspecified atom stereocenters. The van der Waals surface area contributed by atoms with Gasteiger partial charge in [0.05, 0.1) is 18.2 Å². The van der Waals surface area contributed by atoms with E-state index in [2.05, 4.69) is 40.0 Å². The summed E-state index contributed by atoms with van der Waals surface area (Å²) in [5.41, 5.74) is 5.46. The average Bonchev–Trinajstić information content (AvgIpc) is 3.45. The Morgan fingerprint density at radius 3 is 2.34 bits per heavy atom. The zero-order valence-corrected chi connectivity index (χ0v) is 19.2. The second-order valence-corrected chi connectivity index (χ2v) is 8.97. The summed E-state index contributed by atoms with van der Waals surface area (Å²) in [6, 6.07) is 17.9. The Morgan fingerprint density at radius 2 is 1.71 bits per heavy atom. The summed E-state index contributed by atoms with van der Waals surface area (Å²) >= 11 is 0. The minimum Gasteiger partial charge on any atom is -0.481 e. The zero-order valence-electron chi connectivity index (χ0n) is 19.2. The van der Waals surface area contributed by atoms with Gasteiger partial charge in [-0.3, -0.25) is 14.3 Å². The maximum Gasteiger partial charge on any atom is 0.407 e. The number of carbonyl (C=O) groups is 3. The SMILES string of the molecule is Cn1nc(CNC(=O)OCC2c3ccccc3-c3ccccc32)cc1C(=O)NC[C@@H]1C[C@@H]1C(=O)O. The van der Waals surface area contributed by atoms with Crippen molar-refractivity contribution in [1.29, 1.82) is 0 Å². The highest BCUT2D eigenvalue weighted by Gasteiger charge is 2.43. The molecular formula is C26H26N4O5. The highest BCUT2D eigenvalue weighted by molar-refractivity contribution is 5.92. The van der Waals surface area contributed by atoms with Gasteiger partial charge >= 0.3 is 12.1 Å². The van der Waals surface area contributed by atoms with Crippen LogP contribution in [0.3, 0.4) is 0 Å². The van der Waals surface area contributed by atoms with E-state index in [4.69, 9.17) is 9.84 Å². The van der Waals surface area contributed by atoms with Gasteiger partial charge in [0.25, 0.3) is 5.91 Å². The molecule has 180 valence electrons. The molecule has 5 rings (SSSR count). The summed E-state index contributed by atoms with van der Waals surface area (Å²) < 4.78 is 6.97. The largest absolute Gasteiger partial charge is 0.481 e. The minimum absolute atomic E-state index is 0.0227. The number of amides is 2. The first-order valence-electron chi connectivity index (χ1n) is 11.5. The number of hydrogen-bond acceptors (Lipinski definition) is 5. The van der Waals surface area contributed by atoms with Gasteiger partial charge in [-0.25, -0.2) is 4.79 Å². The lowest BCUT2D eigenvalue weighted by atomic mass is 9.98. The summed E-state index contributed by atoms with van der Waals surface area (Å²) in [4.78, 5) is 35.8. The topological polar surface area (TPSA) is 123 Å². The van der Waals surface area contributed by atoms with Crippen molar-refractivity contribution in [3.05, 3.63) is 77.1 Å². The van der Waals surface area contributed by atoms with E-state index in [1.54, 1.807) is 13.1 Å². The number of ether oxygens (including phenoxy) is 1. The van der Waals surface area contributed by atoms with Crippen LogP contribution in [0.2, 0.25) is 0 Å². The molecule has 1 saturated carbocycles. The lowest BCUT2D eigenvalue weighted by Gasteiger charge is -2.14. The zero-order chi connectivity index (χ0) is 24.5. The van der Waals surface area contributed by atoms with Gasteiger partial charge in [0.15, 0.2) is 0 Å². The molecule has 1 fully saturated rings. The summed E-state index contributed by atoms with van der Waals surface area (Å²) in [7, 11) is 1.64. The smallest absolute Gasteiger partial charge is 0.407 e. The van der Waals surface area contributed by atoms with Crippen molar-refractivity contribution in [2.75, 3.05) is 13.2 Å². The molecule has 0 radical (unpaired) electrons. The molecule has 35 heavy (non-hydrogen) atoms. The number of aromatic nitrogens is 2. The van der Waals surface area contributed by atoms with Crippen LogP contribution in [0.25, 0.3) is 11.1 Å². The number of carboxylic acids is 1. The lowest BCUT2D eigenvalue weighted by molar-refractivity contribution is -0.138. The van der Waals surface area contributed by atoms with E-state index in [0.717, 1.165) is 22.3 Å². The average molecular weight is 475 g/mol. The number of carboxylic acid groups (broad SMARTS) is 1. The number of rotatable bonds is 8. The molecule has 1 aromatic heterocycles. The first kappa shape index (κ1) is 22.6. The lowest BCUT2D eigenvalue weighted by Crippen LogP contribution is -2.28. The predicted octanol–water partition coefficient (Wildman–Crippen LogP) is 2.91. The van der Waals surface area contributed by atoms with Crippen LogP contribution in [0, 0.1) is 11.8 Å². The van der Waals surface area contributed by atoms with Gasteiger partial charge < -0.3 is 20.5 Å². The maximum atomic E-state index is 12.4. The second-order valence-electron chi connectivity index (χ2n) is 8.97. The Labute approximate surface area is 202 Å². The fourth-order valence-electron chi connectivity index (χ4n) is 4.73. The number of fused-ring (bicyclic) bond motifs is 3. The molecule has 1 heterocycles. The summed E-state index contributed by atoms with van der Waals surface area (Å²) in [6.45, 7) is 0.643. The van der Waals surface area contributed by atoms with Gasteiger partial charge in [-0.15, -0.1) is 0 Å². The van der Waals surface area contributed by atoms with E-state index >= 15 is 0 Å². The van der Waals surface area contributed by atoms with E-state index < -0.39 is 12.1 Å². The Balaban J connectivity index is 1.13. The molecule has 0 aliphatic heterocycles. The first-order valence-corrected chi connectivity index (χ1v) is 11.5. The number of alkyl carbamates (subject to hydrolysis) is 1. The van der Waals surface area contributed by atoms with Crippen LogP contribution in [0.1, 0.15) is 39.6 Å². The predicted molar refractivity (Wildman–Crippen MR) is 127 cm³/mol. The van der Waals surface area contributed by atoms with E-state index in [1.165, 1.54) is 4.68 Å².